The molecule has 0 heterocycles. The highest BCUT2D eigenvalue weighted by Crippen LogP contribution is 1.96. The van der Waals surface area contributed by atoms with Crippen molar-refractivity contribution in [2.45, 2.75) is 25.8 Å². The molecule has 20 heavy (non-hydrogen) atoms. The fourth-order valence-corrected chi connectivity index (χ4v) is 1.48. The highest BCUT2D eigenvalue weighted by Gasteiger charge is 2.18. The van der Waals surface area contributed by atoms with Crippen molar-refractivity contribution in [2.75, 3.05) is 32.8 Å². The van der Waals surface area contributed by atoms with Gasteiger partial charge in [-0.05, 0) is 18.4 Å². The standard InChI is InChI=1S/C11H22N6O3/c1-9(18)16-10(3-2-4-12)11(19)14-5-7-20-8-6-15-17-13/h10H,2-8,12H2,1H3,(H,14,19)(H,16,18)/p+1/t10-/m0/s1. The van der Waals surface area contributed by atoms with Crippen LogP contribution in [-0.4, -0.2) is 50.7 Å². The minimum absolute atomic E-state index is 0.229. The molecule has 0 aromatic carbocycles. The molecule has 0 bridgehead atoms. The number of ether oxygens (including phenoxy) is 1. The molecule has 0 radical (unpaired) electrons. The van der Waals surface area contributed by atoms with Gasteiger partial charge in [0.15, 0.2) is 0 Å². The van der Waals surface area contributed by atoms with Crippen molar-refractivity contribution in [2.24, 2.45) is 5.11 Å². The van der Waals surface area contributed by atoms with Crippen LogP contribution >= 0.6 is 0 Å². The normalized spacial score (nSPS) is 11.3. The Kier molecular flexibility index (Phi) is 11.1. The highest BCUT2D eigenvalue weighted by molar-refractivity contribution is 5.86. The van der Waals surface area contributed by atoms with Gasteiger partial charge in [-0.25, -0.2) is 0 Å². The van der Waals surface area contributed by atoms with E-state index in [2.05, 4.69) is 26.4 Å². The minimum Gasteiger partial charge on any atom is -0.379 e. The number of hydrogen-bond acceptors (Lipinski definition) is 4. The minimum atomic E-state index is -0.530. The maximum atomic E-state index is 11.9. The molecule has 0 saturated heterocycles. The number of nitrogens with one attached hydrogen (secondary N) is 2. The second-order valence-electron chi connectivity index (χ2n) is 4.11. The van der Waals surface area contributed by atoms with E-state index in [1.165, 1.54) is 6.92 Å². The van der Waals surface area contributed by atoms with E-state index in [1.54, 1.807) is 0 Å². The van der Waals surface area contributed by atoms with Crippen LogP contribution in [0.1, 0.15) is 19.8 Å². The summed E-state index contributed by atoms with van der Waals surface area (Å²) in [6.45, 7) is 3.35. The Hall–Kier alpha value is -1.83. The van der Waals surface area contributed by atoms with Gasteiger partial charge in [0.25, 0.3) is 0 Å². The SMILES string of the molecule is CC(=O)N[C@@H](CCC[NH3+])C(=O)NCCOCCN=[N+]=[N-]. The van der Waals surface area contributed by atoms with Crippen LogP contribution in [0.25, 0.3) is 10.4 Å². The summed E-state index contributed by atoms with van der Waals surface area (Å²) >= 11 is 0. The first-order valence-corrected chi connectivity index (χ1v) is 6.54. The summed E-state index contributed by atoms with van der Waals surface area (Å²) in [5.74, 6) is -0.466. The molecule has 0 spiro atoms. The molecule has 0 aliphatic heterocycles. The van der Waals surface area contributed by atoms with Crippen molar-refractivity contribution >= 4 is 11.8 Å². The van der Waals surface area contributed by atoms with Crippen molar-refractivity contribution in [3.8, 4) is 0 Å². The van der Waals surface area contributed by atoms with Gasteiger partial charge in [-0.15, -0.1) is 0 Å². The maximum Gasteiger partial charge on any atom is 0.242 e. The third kappa shape index (κ3) is 10.1. The molecule has 0 rings (SSSR count). The van der Waals surface area contributed by atoms with E-state index in [0.29, 0.717) is 32.7 Å². The van der Waals surface area contributed by atoms with Crippen LogP contribution in [-0.2, 0) is 14.3 Å². The van der Waals surface area contributed by atoms with E-state index in [9.17, 15) is 9.59 Å². The monoisotopic (exact) mass is 287 g/mol. The van der Waals surface area contributed by atoms with E-state index < -0.39 is 6.04 Å². The molecule has 0 unspecified atom stereocenters. The first kappa shape index (κ1) is 18.2. The fourth-order valence-electron chi connectivity index (χ4n) is 1.48. The molecule has 0 fully saturated rings. The zero-order chi connectivity index (χ0) is 15.2. The lowest BCUT2D eigenvalue weighted by Gasteiger charge is -2.16. The van der Waals surface area contributed by atoms with Gasteiger partial charge < -0.3 is 21.1 Å². The molecular formula is C11H23N6O3+. The molecule has 5 N–H and O–H groups in total. The largest absolute Gasteiger partial charge is 0.379 e. The first-order chi connectivity index (χ1) is 9.61. The predicted molar refractivity (Wildman–Crippen MR) is 72.4 cm³/mol. The van der Waals surface area contributed by atoms with Crippen LogP contribution in [0.4, 0.5) is 0 Å². The maximum absolute atomic E-state index is 11.9. The second kappa shape index (κ2) is 12.2. The van der Waals surface area contributed by atoms with Crippen molar-refractivity contribution < 1.29 is 20.1 Å². The summed E-state index contributed by atoms with van der Waals surface area (Å²) in [7, 11) is 0. The summed E-state index contributed by atoms with van der Waals surface area (Å²) < 4.78 is 5.15. The topological polar surface area (TPSA) is 144 Å². The average Bonchev–Trinajstić information content (AvgIpc) is 2.41. The Morgan fingerprint density at radius 2 is 2.20 bits per heavy atom. The molecule has 0 aromatic heterocycles. The molecule has 0 aromatic rings. The summed E-state index contributed by atoms with van der Waals surface area (Å²) in [5.41, 5.74) is 11.8. The summed E-state index contributed by atoms with van der Waals surface area (Å²) in [6.07, 6.45) is 1.33. The second-order valence-corrected chi connectivity index (χ2v) is 4.11. The Balaban J connectivity index is 3.87. The Morgan fingerprint density at radius 1 is 1.45 bits per heavy atom. The molecule has 2 amide bonds. The zero-order valence-corrected chi connectivity index (χ0v) is 11.8. The van der Waals surface area contributed by atoms with Gasteiger partial charge in [0.2, 0.25) is 11.8 Å². The van der Waals surface area contributed by atoms with E-state index in [-0.39, 0.29) is 18.4 Å². The van der Waals surface area contributed by atoms with Crippen LogP contribution in [0.3, 0.4) is 0 Å². The number of hydrogen-bond donors (Lipinski definition) is 3. The van der Waals surface area contributed by atoms with E-state index in [0.717, 1.165) is 6.42 Å². The van der Waals surface area contributed by atoms with Crippen molar-refractivity contribution in [1.82, 2.24) is 10.6 Å². The molecule has 0 aliphatic rings. The third-order valence-electron chi connectivity index (χ3n) is 2.38. The van der Waals surface area contributed by atoms with E-state index in [1.807, 2.05) is 0 Å². The lowest BCUT2D eigenvalue weighted by atomic mass is 10.1. The number of carbonyl (C=O) groups is 2. The number of amides is 2. The average molecular weight is 287 g/mol. The molecule has 9 nitrogen and oxygen atoms in total. The van der Waals surface area contributed by atoms with Gasteiger partial charge in [-0.2, -0.15) is 0 Å². The molecular weight excluding hydrogens is 264 g/mol. The Bertz CT molecular complexity index is 343. The molecule has 114 valence electrons. The van der Waals surface area contributed by atoms with Crippen molar-refractivity contribution in [1.29, 1.82) is 0 Å². The van der Waals surface area contributed by atoms with Gasteiger partial charge in [-0.3, -0.25) is 9.59 Å². The Labute approximate surface area is 117 Å². The number of rotatable bonds is 11. The smallest absolute Gasteiger partial charge is 0.242 e. The molecule has 1 atom stereocenters. The first-order valence-electron chi connectivity index (χ1n) is 6.54. The molecule has 0 saturated carbocycles. The van der Waals surface area contributed by atoms with Gasteiger partial charge in [0, 0.05) is 24.9 Å². The van der Waals surface area contributed by atoms with Crippen LogP contribution in [0.5, 0.6) is 0 Å². The lowest BCUT2D eigenvalue weighted by Crippen LogP contribution is -2.52. The van der Waals surface area contributed by atoms with Crippen LogP contribution in [0, 0.1) is 0 Å². The fraction of sp³-hybridized carbons (Fsp3) is 0.818. The molecule has 9 heteroatoms. The number of azide groups is 1. The third-order valence-corrected chi connectivity index (χ3v) is 2.38. The summed E-state index contributed by atoms with van der Waals surface area (Å²) in [4.78, 5) is 25.5. The van der Waals surface area contributed by atoms with Gasteiger partial charge >= 0.3 is 0 Å². The van der Waals surface area contributed by atoms with Gasteiger partial charge in [0.05, 0.1) is 19.8 Å². The summed E-state index contributed by atoms with van der Waals surface area (Å²) in [5, 5.41) is 8.61. The lowest BCUT2D eigenvalue weighted by molar-refractivity contribution is -0.368. The number of carbonyl (C=O) groups excluding carboxylic acids is 2. The van der Waals surface area contributed by atoms with E-state index in [4.69, 9.17) is 10.3 Å². The summed E-state index contributed by atoms with van der Waals surface area (Å²) in [6, 6.07) is -0.530. The quantitative estimate of drug-likeness (QED) is 0.193. The van der Waals surface area contributed by atoms with Crippen LogP contribution < -0.4 is 16.4 Å². The number of nitrogens with zero attached hydrogens (tertiary/aromatic N) is 3. The van der Waals surface area contributed by atoms with Crippen LogP contribution in [0.2, 0.25) is 0 Å². The highest BCUT2D eigenvalue weighted by atomic mass is 16.5. The number of quaternary nitrogens is 1. The zero-order valence-electron chi connectivity index (χ0n) is 11.8. The van der Waals surface area contributed by atoms with Gasteiger partial charge in [0.1, 0.15) is 6.04 Å². The van der Waals surface area contributed by atoms with Crippen molar-refractivity contribution in [3.05, 3.63) is 10.4 Å². The molecule has 0 aliphatic carbocycles. The van der Waals surface area contributed by atoms with Crippen molar-refractivity contribution in [3.63, 3.8) is 0 Å². The Morgan fingerprint density at radius 3 is 2.80 bits per heavy atom. The van der Waals surface area contributed by atoms with Crippen LogP contribution in [0.15, 0.2) is 5.11 Å². The van der Waals surface area contributed by atoms with E-state index >= 15 is 0 Å². The van der Waals surface area contributed by atoms with Gasteiger partial charge in [-0.1, -0.05) is 5.11 Å². The predicted octanol–water partition coefficient (Wildman–Crippen LogP) is -1.04.